The molecule has 1 aliphatic heterocycles. The lowest BCUT2D eigenvalue weighted by atomic mass is 10.1. The molecule has 2 heterocycles. The Morgan fingerprint density at radius 3 is 2.67 bits per heavy atom. The summed E-state index contributed by atoms with van der Waals surface area (Å²) < 4.78 is 55.9. The zero-order valence-corrected chi connectivity index (χ0v) is 15.4. The molecule has 0 spiro atoms. The van der Waals surface area contributed by atoms with Crippen molar-refractivity contribution in [2.75, 3.05) is 16.8 Å². The fourth-order valence-electron chi connectivity index (χ4n) is 3.32. The minimum atomic E-state index is -4.89. The van der Waals surface area contributed by atoms with Crippen molar-refractivity contribution in [2.45, 2.75) is 12.8 Å². The second kappa shape index (κ2) is 7.66. The molecule has 2 amide bonds. The Morgan fingerprint density at radius 2 is 1.93 bits per heavy atom. The van der Waals surface area contributed by atoms with Gasteiger partial charge >= 0.3 is 12.4 Å². The molecule has 0 bridgehead atoms. The monoisotopic (exact) mass is 417 g/mol. The number of urea groups is 1. The maximum Gasteiger partial charge on any atom is 0.573 e. The average Bonchev–Trinajstić information content (AvgIpc) is 3.10. The van der Waals surface area contributed by atoms with Crippen molar-refractivity contribution < 1.29 is 27.1 Å². The molecule has 3 aromatic rings. The molecule has 9 heteroatoms. The quantitative estimate of drug-likeness (QED) is 0.582. The smallest absolute Gasteiger partial charge is 0.406 e. The lowest BCUT2D eigenvalue weighted by molar-refractivity contribution is -0.274. The summed E-state index contributed by atoms with van der Waals surface area (Å²) in [6.07, 6.45) is -1.31. The molecule has 0 atom stereocenters. The Kier molecular flexibility index (Phi) is 5.03. The van der Waals surface area contributed by atoms with Gasteiger partial charge in [-0.25, -0.2) is 9.18 Å². The van der Waals surface area contributed by atoms with E-state index in [1.807, 2.05) is 0 Å². The van der Waals surface area contributed by atoms with E-state index in [0.717, 1.165) is 11.6 Å². The number of ether oxygens (including phenoxy) is 1. The highest BCUT2D eigenvalue weighted by molar-refractivity contribution is 6.03. The van der Waals surface area contributed by atoms with Gasteiger partial charge < -0.3 is 10.1 Å². The predicted octanol–water partition coefficient (Wildman–Crippen LogP) is 5.38. The highest BCUT2D eigenvalue weighted by atomic mass is 19.4. The first kappa shape index (κ1) is 19.7. The highest BCUT2D eigenvalue weighted by Gasteiger charge is 2.32. The normalized spacial score (nSPS) is 13.1. The number of benzene rings is 2. The lowest BCUT2D eigenvalue weighted by Crippen LogP contribution is -2.33. The Morgan fingerprint density at radius 1 is 1.10 bits per heavy atom. The van der Waals surface area contributed by atoms with Crippen LogP contribution in [0, 0.1) is 5.82 Å². The highest BCUT2D eigenvalue weighted by Crippen LogP contribution is 2.33. The Bertz CT molecular complexity index is 1090. The second-order valence-electron chi connectivity index (χ2n) is 6.64. The number of fused-ring (bicyclic) bond motifs is 1. The van der Waals surface area contributed by atoms with Gasteiger partial charge in [0, 0.05) is 36.3 Å². The zero-order valence-electron chi connectivity index (χ0n) is 15.4. The molecule has 1 aliphatic rings. The summed E-state index contributed by atoms with van der Waals surface area (Å²) >= 11 is 0. The molecule has 0 unspecified atom stereocenters. The fourth-order valence-corrected chi connectivity index (χ4v) is 3.32. The molecule has 0 aliphatic carbocycles. The van der Waals surface area contributed by atoms with Crippen LogP contribution in [0.4, 0.5) is 33.7 Å². The first-order valence-electron chi connectivity index (χ1n) is 8.97. The molecule has 30 heavy (non-hydrogen) atoms. The summed E-state index contributed by atoms with van der Waals surface area (Å²) in [4.78, 5) is 18.1. The molecule has 1 N–H and O–H groups in total. The van der Waals surface area contributed by atoms with Crippen molar-refractivity contribution >= 4 is 17.4 Å². The zero-order chi connectivity index (χ0) is 21.3. The van der Waals surface area contributed by atoms with E-state index in [2.05, 4.69) is 15.0 Å². The Hall–Kier alpha value is -3.62. The number of rotatable bonds is 3. The predicted molar refractivity (Wildman–Crippen MR) is 103 cm³/mol. The number of nitrogens with zero attached hydrogens (tertiary/aromatic N) is 2. The van der Waals surface area contributed by atoms with Gasteiger partial charge in [0.2, 0.25) is 0 Å². The maximum atomic E-state index is 13.6. The maximum absolute atomic E-state index is 13.6. The molecule has 2 aromatic carbocycles. The molecule has 0 saturated heterocycles. The van der Waals surface area contributed by atoms with Crippen LogP contribution >= 0.6 is 0 Å². The summed E-state index contributed by atoms with van der Waals surface area (Å²) in [5.41, 5.74) is 2.28. The molecule has 1 aromatic heterocycles. The van der Waals surface area contributed by atoms with Crippen molar-refractivity contribution in [3.05, 3.63) is 72.3 Å². The van der Waals surface area contributed by atoms with Gasteiger partial charge in [-0.15, -0.1) is 13.2 Å². The first-order valence-corrected chi connectivity index (χ1v) is 8.97. The van der Waals surface area contributed by atoms with Gasteiger partial charge in [-0.2, -0.15) is 0 Å². The average molecular weight is 417 g/mol. The summed E-state index contributed by atoms with van der Waals surface area (Å²) in [6.45, 7) is 0.332. The molecule has 5 nitrogen and oxygen atoms in total. The van der Waals surface area contributed by atoms with Crippen LogP contribution < -0.4 is 15.0 Å². The number of nitrogens with one attached hydrogen (secondary N) is 1. The Labute approximate surface area is 168 Å². The number of halogens is 4. The number of hydrogen-bond donors (Lipinski definition) is 1. The number of carbonyl (C=O) groups is 1. The molecule has 0 radical (unpaired) electrons. The number of amides is 2. The van der Waals surface area contributed by atoms with E-state index >= 15 is 0 Å². The van der Waals surface area contributed by atoms with Crippen LogP contribution in [0.15, 0.2) is 60.9 Å². The lowest BCUT2D eigenvalue weighted by Gasteiger charge is -2.19. The summed E-state index contributed by atoms with van der Waals surface area (Å²) in [6, 6.07) is 10.7. The summed E-state index contributed by atoms with van der Waals surface area (Å²) in [5, 5.41) is 2.58. The Balaban J connectivity index is 1.64. The minimum absolute atomic E-state index is 0.102. The molecule has 4 rings (SSSR count). The summed E-state index contributed by atoms with van der Waals surface area (Å²) in [5.74, 6) is -0.958. The van der Waals surface area contributed by atoms with Gasteiger partial charge in [-0.1, -0.05) is 12.1 Å². The van der Waals surface area contributed by atoms with Crippen LogP contribution in [0.3, 0.4) is 0 Å². The molecular weight excluding hydrogens is 402 g/mol. The van der Waals surface area contributed by atoms with E-state index in [-0.39, 0.29) is 5.69 Å². The number of aromatic nitrogens is 1. The van der Waals surface area contributed by atoms with E-state index in [1.54, 1.807) is 18.2 Å². The van der Waals surface area contributed by atoms with Crippen molar-refractivity contribution in [3.8, 4) is 16.9 Å². The van der Waals surface area contributed by atoms with E-state index in [4.69, 9.17) is 0 Å². The number of pyridine rings is 1. The van der Waals surface area contributed by atoms with Gasteiger partial charge in [0.1, 0.15) is 11.6 Å². The van der Waals surface area contributed by atoms with Crippen LogP contribution in [0.5, 0.6) is 5.75 Å². The second-order valence-corrected chi connectivity index (χ2v) is 6.64. The standard InChI is InChI=1S/C21H15F4N3O2/c22-16-4-3-13-5-7-28(19(13)10-16)20(29)27-17-8-15(14-2-1-6-26-12-14)9-18(11-17)30-21(23,24)25/h1-4,6,8-12H,5,7H2,(H,27,29). The largest absolute Gasteiger partial charge is 0.573 e. The van der Waals surface area contributed by atoms with E-state index in [9.17, 15) is 22.4 Å². The van der Waals surface area contributed by atoms with Crippen molar-refractivity contribution in [1.82, 2.24) is 4.98 Å². The van der Waals surface area contributed by atoms with Gasteiger partial charge in [-0.05, 0) is 47.9 Å². The van der Waals surface area contributed by atoms with Crippen LogP contribution in [-0.2, 0) is 6.42 Å². The van der Waals surface area contributed by atoms with E-state index < -0.39 is 24.0 Å². The SMILES string of the molecule is O=C(Nc1cc(OC(F)(F)F)cc(-c2cccnc2)c1)N1CCc2ccc(F)cc21. The minimum Gasteiger partial charge on any atom is -0.406 e. The van der Waals surface area contributed by atoms with Crippen LogP contribution in [0.2, 0.25) is 0 Å². The number of alkyl halides is 3. The third-order valence-electron chi connectivity index (χ3n) is 4.57. The van der Waals surface area contributed by atoms with Crippen molar-refractivity contribution in [2.24, 2.45) is 0 Å². The van der Waals surface area contributed by atoms with E-state index in [1.165, 1.54) is 41.6 Å². The molecule has 0 saturated carbocycles. The van der Waals surface area contributed by atoms with Crippen molar-refractivity contribution in [3.63, 3.8) is 0 Å². The molecular formula is C21H15F4N3O2. The van der Waals surface area contributed by atoms with Crippen LogP contribution in [-0.4, -0.2) is 23.9 Å². The van der Waals surface area contributed by atoms with Crippen LogP contribution in [0.25, 0.3) is 11.1 Å². The van der Waals surface area contributed by atoms with Crippen molar-refractivity contribution in [1.29, 1.82) is 0 Å². The number of anilines is 2. The van der Waals surface area contributed by atoms with Gasteiger partial charge in [0.25, 0.3) is 0 Å². The molecule has 0 fully saturated rings. The molecule has 154 valence electrons. The van der Waals surface area contributed by atoms with E-state index in [0.29, 0.717) is 29.8 Å². The number of carbonyl (C=O) groups excluding carboxylic acids is 1. The third kappa shape index (κ3) is 4.35. The first-order chi connectivity index (χ1) is 14.3. The van der Waals surface area contributed by atoms with Gasteiger partial charge in [0.05, 0.1) is 5.69 Å². The fraction of sp³-hybridized carbons (Fsp3) is 0.143. The van der Waals surface area contributed by atoms with Crippen LogP contribution in [0.1, 0.15) is 5.56 Å². The third-order valence-corrected chi connectivity index (χ3v) is 4.57. The van der Waals surface area contributed by atoms with Gasteiger partial charge in [-0.3, -0.25) is 9.88 Å². The number of hydrogen-bond acceptors (Lipinski definition) is 3. The summed E-state index contributed by atoms with van der Waals surface area (Å²) in [7, 11) is 0. The topological polar surface area (TPSA) is 54.5 Å². The van der Waals surface area contributed by atoms with Gasteiger partial charge in [0.15, 0.2) is 0 Å².